The molecular weight excluding hydrogens is 257 g/mol. The number of rotatable bonds is 4. The molecule has 1 heterocycles. The van der Waals surface area contributed by atoms with Crippen molar-refractivity contribution >= 4 is 5.91 Å². The number of hydrogen-bond acceptors (Lipinski definition) is 3. The van der Waals surface area contributed by atoms with Crippen LogP contribution in [0.4, 0.5) is 4.39 Å². The van der Waals surface area contributed by atoms with E-state index in [2.05, 4.69) is 15.5 Å². The molecule has 110 valence electrons. The molecule has 2 N–H and O–H groups in total. The summed E-state index contributed by atoms with van der Waals surface area (Å²) in [6.07, 6.45) is 0.611. The first-order valence-corrected chi connectivity index (χ1v) is 7.05. The Bertz CT molecular complexity index is 466. The van der Waals surface area contributed by atoms with Crippen molar-refractivity contribution in [2.75, 3.05) is 26.7 Å². The first-order chi connectivity index (χ1) is 9.63. The molecule has 0 spiro atoms. The lowest BCUT2D eigenvalue weighted by Gasteiger charge is -2.39. The molecule has 2 rings (SSSR count). The molecule has 1 fully saturated rings. The van der Waals surface area contributed by atoms with Gasteiger partial charge in [0.25, 0.3) is 0 Å². The predicted molar refractivity (Wildman–Crippen MR) is 77.0 cm³/mol. The lowest BCUT2D eigenvalue weighted by molar-refractivity contribution is -0.127. The number of carbonyl (C=O) groups excluding carboxylic acids is 1. The Morgan fingerprint density at radius 1 is 1.55 bits per heavy atom. The van der Waals surface area contributed by atoms with E-state index in [9.17, 15) is 9.18 Å². The van der Waals surface area contributed by atoms with E-state index < -0.39 is 0 Å². The molecule has 1 aromatic rings. The number of benzene rings is 1. The van der Waals surface area contributed by atoms with Crippen molar-refractivity contribution in [3.8, 4) is 0 Å². The van der Waals surface area contributed by atoms with E-state index in [1.807, 2.05) is 19.1 Å². The van der Waals surface area contributed by atoms with Gasteiger partial charge in [-0.05, 0) is 25.0 Å². The summed E-state index contributed by atoms with van der Waals surface area (Å²) in [5, 5.41) is 5.93. The second kappa shape index (κ2) is 6.81. The van der Waals surface area contributed by atoms with Crippen LogP contribution in [0.3, 0.4) is 0 Å². The number of nitrogens with zero attached hydrogens (tertiary/aromatic N) is 1. The van der Waals surface area contributed by atoms with Crippen LogP contribution in [-0.4, -0.2) is 49.6 Å². The summed E-state index contributed by atoms with van der Waals surface area (Å²) < 4.78 is 13.7. The molecular formula is C15H22FN3O. The molecule has 1 saturated heterocycles. The van der Waals surface area contributed by atoms with E-state index >= 15 is 0 Å². The second-order valence-electron chi connectivity index (χ2n) is 5.22. The minimum absolute atomic E-state index is 0.0117. The third-order valence-corrected chi connectivity index (χ3v) is 3.87. The fourth-order valence-corrected chi connectivity index (χ4v) is 2.76. The lowest BCUT2D eigenvalue weighted by Crippen LogP contribution is -2.60. The minimum Gasteiger partial charge on any atom is -0.358 e. The van der Waals surface area contributed by atoms with Crippen molar-refractivity contribution in [3.63, 3.8) is 0 Å². The molecule has 0 radical (unpaired) electrons. The molecule has 0 aliphatic carbocycles. The average molecular weight is 279 g/mol. The van der Waals surface area contributed by atoms with E-state index in [1.54, 1.807) is 13.1 Å². The van der Waals surface area contributed by atoms with Crippen LogP contribution >= 0.6 is 0 Å². The summed E-state index contributed by atoms with van der Waals surface area (Å²) in [7, 11) is 1.65. The minimum atomic E-state index is -0.185. The van der Waals surface area contributed by atoms with Gasteiger partial charge < -0.3 is 10.6 Å². The molecule has 0 saturated carbocycles. The predicted octanol–water partition coefficient (Wildman–Crippen LogP) is 0.777. The van der Waals surface area contributed by atoms with Crippen molar-refractivity contribution in [1.82, 2.24) is 15.5 Å². The number of nitrogens with one attached hydrogen (secondary N) is 2. The zero-order valence-corrected chi connectivity index (χ0v) is 12.0. The Labute approximate surface area is 119 Å². The van der Waals surface area contributed by atoms with Gasteiger partial charge in [-0.1, -0.05) is 18.2 Å². The maximum atomic E-state index is 13.7. The van der Waals surface area contributed by atoms with Gasteiger partial charge in [0.15, 0.2) is 0 Å². The van der Waals surface area contributed by atoms with Gasteiger partial charge in [0, 0.05) is 32.7 Å². The van der Waals surface area contributed by atoms with Gasteiger partial charge in [-0.2, -0.15) is 0 Å². The average Bonchev–Trinajstić information content (AvgIpc) is 2.48. The van der Waals surface area contributed by atoms with Crippen LogP contribution in [0.5, 0.6) is 0 Å². The van der Waals surface area contributed by atoms with E-state index in [0.29, 0.717) is 18.5 Å². The van der Waals surface area contributed by atoms with Crippen molar-refractivity contribution in [1.29, 1.82) is 0 Å². The van der Waals surface area contributed by atoms with Crippen molar-refractivity contribution in [2.24, 2.45) is 0 Å². The fourth-order valence-electron chi connectivity index (χ4n) is 2.76. The van der Waals surface area contributed by atoms with Crippen molar-refractivity contribution in [2.45, 2.75) is 25.4 Å². The van der Waals surface area contributed by atoms with Gasteiger partial charge >= 0.3 is 0 Å². The Morgan fingerprint density at radius 3 is 3.00 bits per heavy atom. The monoisotopic (exact) mass is 279 g/mol. The highest BCUT2D eigenvalue weighted by molar-refractivity contribution is 5.81. The zero-order chi connectivity index (χ0) is 14.5. The molecule has 5 heteroatoms. The molecule has 1 amide bonds. The van der Waals surface area contributed by atoms with Gasteiger partial charge in [0.2, 0.25) is 5.91 Å². The molecule has 4 nitrogen and oxygen atoms in total. The van der Waals surface area contributed by atoms with Gasteiger partial charge in [0.05, 0.1) is 0 Å². The van der Waals surface area contributed by atoms with E-state index in [1.165, 1.54) is 6.07 Å². The SMILES string of the molecule is CNC(=O)C1CNCCN1C(C)Cc1ccccc1F. The summed E-state index contributed by atoms with van der Waals surface area (Å²) in [6, 6.07) is 6.77. The van der Waals surface area contributed by atoms with Crippen molar-refractivity contribution in [3.05, 3.63) is 35.6 Å². The second-order valence-corrected chi connectivity index (χ2v) is 5.22. The third kappa shape index (κ3) is 3.35. The van der Waals surface area contributed by atoms with E-state index in [4.69, 9.17) is 0 Å². The fraction of sp³-hybridized carbons (Fsp3) is 0.533. The summed E-state index contributed by atoms with van der Waals surface area (Å²) in [6.45, 7) is 4.35. The maximum Gasteiger partial charge on any atom is 0.238 e. The largest absolute Gasteiger partial charge is 0.358 e. The molecule has 2 atom stereocenters. The number of hydrogen-bond donors (Lipinski definition) is 2. The normalized spacial score (nSPS) is 21.4. The Morgan fingerprint density at radius 2 is 2.30 bits per heavy atom. The number of carbonyl (C=O) groups is 1. The van der Waals surface area contributed by atoms with E-state index in [0.717, 1.165) is 13.1 Å². The Balaban J connectivity index is 2.08. The topological polar surface area (TPSA) is 44.4 Å². The Kier molecular flexibility index (Phi) is 5.09. The summed E-state index contributed by atoms with van der Waals surface area (Å²) in [5.41, 5.74) is 0.703. The number of likely N-dealkylation sites (N-methyl/N-ethyl adjacent to an activating group) is 1. The molecule has 1 aliphatic rings. The van der Waals surface area contributed by atoms with Crippen LogP contribution in [-0.2, 0) is 11.2 Å². The highest BCUT2D eigenvalue weighted by atomic mass is 19.1. The van der Waals surface area contributed by atoms with Gasteiger partial charge in [0.1, 0.15) is 11.9 Å². The van der Waals surface area contributed by atoms with Crippen LogP contribution in [0, 0.1) is 5.82 Å². The number of halogens is 1. The van der Waals surface area contributed by atoms with Crippen LogP contribution in [0.1, 0.15) is 12.5 Å². The number of amides is 1. The van der Waals surface area contributed by atoms with Crippen LogP contribution < -0.4 is 10.6 Å². The Hall–Kier alpha value is -1.46. The first kappa shape index (κ1) is 14.9. The van der Waals surface area contributed by atoms with Gasteiger partial charge in [-0.15, -0.1) is 0 Å². The summed E-state index contributed by atoms with van der Waals surface area (Å²) in [5.74, 6) is -0.163. The van der Waals surface area contributed by atoms with Crippen molar-refractivity contribution < 1.29 is 9.18 Å². The highest BCUT2D eigenvalue weighted by Crippen LogP contribution is 2.16. The summed E-state index contributed by atoms with van der Waals surface area (Å²) >= 11 is 0. The van der Waals surface area contributed by atoms with Gasteiger partial charge in [-0.25, -0.2) is 4.39 Å². The maximum absolute atomic E-state index is 13.7. The summed E-state index contributed by atoms with van der Waals surface area (Å²) in [4.78, 5) is 14.1. The van der Waals surface area contributed by atoms with E-state index in [-0.39, 0.29) is 23.8 Å². The highest BCUT2D eigenvalue weighted by Gasteiger charge is 2.31. The smallest absolute Gasteiger partial charge is 0.238 e. The van der Waals surface area contributed by atoms with Crippen LogP contribution in [0.15, 0.2) is 24.3 Å². The number of piperazine rings is 1. The third-order valence-electron chi connectivity index (χ3n) is 3.87. The quantitative estimate of drug-likeness (QED) is 0.856. The van der Waals surface area contributed by atoms with Crippen LogP contribution in [0.2, 0.25) is 0 Å². The zero-order valence-electron chi connectivity index (χ0n) is 12.0. The first-order valence-electron chi connectivity index (χ1n) is 7.05. The molecule has 1 aromatic carbocycles. The molecule has 0 bridgehead atoms. The van der Waals surface area contributed by atoms with Crippen LogP contribution in [0.25, 0.3) is 0 Å². The van der Waals surface area contributed by atoms with Gasteiger partial charge in [-0.3, -0.25) is 9.69 Å². The lowest BCUT2D eigenvalue weighted by atomic mass is 10.0. The molecule has 1 aliphatic heterocycles. The standard InChI is InChI=1S/C15H22FN3O/c1-11(9-12-5-3-4-6-13(12)16)19-8-7-18-10-14(19)15(20)17-2/h3-6,11,14,18H,7-10H2,1-2H3,(H,17,20). The molecule has 2 unspecified atom stereocenters. The molecule has 20 heavy (non-hydrogen) atoms. The molecule has 0 aromatic heterocycles.